The summed E-state index contributed by atoms with van der Waals surface area (Å²) >= 11 is 0. The number of pyridine rings is 1. The molecule has 1 N–H and O–H groups in total. The van der Waals surface area contributed by atoms with Crippen molar-refractivity contribution in [1.82, 2.24) is 15.2 Å². The van der Waals surface area contributed by atoms with Crippen LogP contribution in [-0.4, -0.2) is 43.0 Å². The van der Waals surface area contributed by atoms with Gasteiger partial charge in [0.1, 0.15) is 5.92 Å². The van der Waals surface area contributed by atoms with Crippen molar-refractivity contribution in [3.05, 3.63) is 66.0 Å². The molecule has 0 aliphatic heterocycles. The average molecular weight is 283 g/mol. The van der Waals surface area contributed by atoms with Crippen molar-refractivity contribution in [1.29, 1.82) is 0 Å². The van der Waals surface area contributed by atoms with Gasteiger partial charge in [-0.05, 0) is 31.8 Å². The number of hydrogen-bond acceptors (Lipinski definition) is 3. The summed E-state index contributed by atoms with van der Waals surface area (Å²) < 4.78 is 0. The third-order valence-electron chi connectivity index (χ3n) is 3.24. The Balaban J connectivity index is 2.19. The van der Waals surface area contributed by atoms with Crippen molar-refractivity contribution in [2.24, 2.45) is 0 Å². The molecule has 0 saturated heterocycles. The van der Waals surface area contributed by atoms with Gasteiger partial charge in [0.15, 0.2) is 0 Å². The molecule has 2 rings (SSSR count). The van der Waals surface area contributed by atoms with Crippen LogP contribution in [0.25, 0.3) is 0 Å². The molecule has 110 valence electrons. The van der Waals surface area contributed by atoms with E-state index in [4.69, 9.17) is 0 Å². The van der Waals surface area contributed by atoms with E-state index in [1.54, 1.807) is 6.20 Å². The van der Waals surface area contributed by atoms with E-state index in [2.05, 4.69) is 10.3 Å². The minimum Gasteiger partial charge on any atom is -0.354 e. The van der Waals surface area contributed by atoms with Gasteiger partial charge in [-0.15, -0.1) is 0 Å². The number of rotatable bonds is 6. The molecule has 2 aromatic rings. The standard InChI is InChI=1S/C17H21N3O/c1-20(2)13-12-19-17(21)16(14-8-4-3-5-9-14)15-10-6-7-11-18-15/h3-11,16H,12-13H2,1-2H3,(H,19,21). The van der Waals surface area contributed by atoms with E-state index >= 15 is 0 Å². The number of likely N-dealkylation sites (N-methyl/N-ethyl adjacent to an activating group) is 1. The normalized spacial score (nSPS) is 12.1. The zero-order valence-corrected chi connectivity index (χ0v) is 12.5. The van der Waals surface area contributed by atoms with Crippen LogP contribution in [0.3, 0.4) is 0 Å². The molecule has 0 aliphatic carbocycles. The lowest BCUT2D eigenvalue weighted by molar-refractivity contribution is -0.121. The third kappa shape index (κ3) is 4.39. The maximum atomic E-state index is 12.6. The van der Waals surface area contributed by atoms with Gasteiger partial charge in [0.25, 0.3) is 0 Å². The Morgan fingerprint density at radius 2 is 1.86 bits per heavy atom. The van der Waals surface area contributed by atoms with Gasteiger partial charge in [-0.1, -0.05) is 36.4 Å². The number of carbonyl (C=O) groups is 1. The summed E-state index contributed by atoms with van der Waals surface area (Å²) in [6.45, 7) is 1.44. The van der Waals surface area contributed by atoms with Crippen LogP contribution in [0.4, 0.5) is 0 Å². The Hall–Kier alpha value is -2.20. The average Bonchev–Trinajstić information content (AvgIpc) is 2.49. The Morgan fingerprint density at radius 3 is 2.48 bits per heavy atom. The van der Waals surface area contributed by atoms with Crippen molar-refractivity contribution in [2.75, 3.05) is 27.2 Å². The van der Waals surface area contributed by atoms with Gasteiger partial charge in [-0.25, -0.2) is 0 Å². The zero-order chi connectivity index (χ0) is 15.1. The molecule has 1 atom stereocenters. The molecule has 0 fully saturated rings. The van der Waals surface area contributed by atoms with Crippen LogP contribution in [0.2, 0.25) is 0 Å². The zero-order valence-electron chi connectivity index (χ0n) is 12.5. The number of carbonyl (C=O) groups excluding carboxylic acids is 1. The molecule has 1 unspecified atom stereocenters. The summed E-state index contributed by atoms with van der Waals surface area (Å²) in [4.78, 5) is 18.9. The number of benzene rings is 1. The van der Waals surface area contributed by atoms with Gasteiger partial charge >= 0.3 is 0 Å². The van der Waals surface area contributed by atoms with Crippen molar-refractivity contribution in [2.45, 2.75) is 5.92 Å². The Morgan fingerprint density at radius 1 is 1.14 bits per heavy atom. The molecule has 1 amide bonds. The first-order valence-electron chi connectivity index (χ1n) is 7.07. The van der Waals surface area contributed by atoms with Gasteiger partial charge in [-0.2, -0.15) is 0 Å². The van der Waals surface area contributed by atoms with Gasteiger partial charge in [-0.3, -0.25) is 9.78 Å². The molecule has 1 aromatic heterocycles. The summed E-state index contributed by atoms with van der Waals surface area (Å²) in [5, 5.41) is 2.99. The van der Waals surface area contributed by atoms with E-state index < -0.39 is 0 Å². The second-order valence-electron chi connectivity index (χ2n) is 5.19. The molecule has 21 heavy (non-hydrogen) atoms. The highest BCUT2D eigenvalue weighted by atomic mass is 16.1. The lowest BCUT2D eigenvalue weighted by atomic mass is 9.94. The molecule has 0 bridgehead atoms. The fourth-order valence-electron chi connectivity index (χ4n) is 2.15. The number of hydrogen-bond donors (Lipinski definition) is 1. The topological polar surface area (TPSA) is 45.2 Å². The summed E-state index contributed by atoms with van der Waals surface area (Å²) in [5.74, 6) is -0.378. The highest BCUT2D eigenvalue weighted by Gasteiger charge is 2.23. The molecule has 0 saturated carbocycles. The fourth-order valence-corrected chi connectivity index (χ4v) is 2.15. The summed E-state index contributed by atoms with van der Waals surface area (Å²) in [6, 6.07) is 15.4. The SMILES string of the molecule is CN(C)CCNC(=O)C(c1ccccc1)c1ccccn1. The quantitative estimate of drug-likeness (QED) is 0.880. The van der Waals surface area contributed by atoms with Crippen LogP contribution >= 0.6 is 0 Å². The van der Waals surface area contributed by atoms with Gasteiger partial charge in [0, 0.05) is 19.3 Å². The van der Waals surface area contributed by atoms with Crippen molar-refractivity contribution >= 4 is 5.91 Å². The monoisotopic (exact) mass is 283 g/mol. The minimum absolute atomic E-state index is 0.0123. The van der Waals surface area contributed by atoms with E-state index in [1.807, 2.05) is 67.5 Å². The van der Waals surface area contributed by atoms with Crippen LogP contribution in [0.1, 0.15) is 17.2 Å². The first-order chi connectivity index (χ1) is 10.2. The third-order valence-corrected chi connectivity index (χ3v) is 3.24. The number of aromatic nitrogens is 1. The molecule has 4 nitrogen and oxygen atoms in total. The van der Waals surface area contributed by atoms with Crippen molar-refractivity contribution < 1.29 is 4.79 Å². The van der Waals surface area contributed by atoms with Crippen LogP contribution in [-0.2, 0) is 4.79 Å². The lowest BCUT2D eigenvalue weighted by Gasteiger charge is -2.18. The molecule has 1 aromatic carbocycles. The number of amides is 1. The largest absolute Gasteiger partial charge is 0.354 e. The lowest BCUT2D eigenvalue weighted by Crippen LogP contribution is -2.35. The van der Waals surface area contributed by atoms with E-state index in [1.165, 1.54) is 0 Å². The maximum absolute atomic E-state index is 12.6. The van der Waals surface area contributed by atoms with Gasteiger partial charge in [0.2, 0.25) is 5.91 Å². The van der Waals surface area contributed by atoms with Crippen molar-refractivity contribution in [3.8, 4) is 0 Å². The molecule has 4 heteroatoms. The predicted molar refractivity (Wildman–Crippen MR) is 84.1 cm³/mol. The smallest absolute Gasteiger partial charge is 0.233 e. The maximum Gasteiger partial charge on any atom is 0.233 e. The highest BCUT2D eigenvalue weighted by molar-refractivity contribution is 5.86. The van der Waals surface area contributed by atoms with E-state index in [9.17, 15) is 4.79 Å². The first kappa shape index (κ1) is 15.2. The van der Waals surface area contributed by atoms with Crippen LogP contribution in [0, 0.1) is 0 Å². The van der Waals surface area contributed by atoms with Gasteiger partial charge in [0.05, 0.1) is 5.69 Å². The minimum atomic E-state index is -0.366. The molecular formula is C17H21N3O. The van der Waals surface area contributed by atoms with E-state index in [0.717, 1.165) is 17.8 Å². The molecule has 1 heterocycles. The number of nitrogens with one attached hydrogen (secondary N) is 1. The summed E-state index contributed by atoms with van der Waals surface area (Å²) in [6.07, 6.45) is 1.72. The predicted octanol–water partition coefficient (Wildman–Crippen LogP) is 1.89. The van der Waals surface area contributed by atoms with Crippen LogP contribution < -0.4 is 5.32 Å². The molecule has 0 spiro atoms. The first-order valence-corrected chi connectivity index (χ1v) is 7.07. The molecule has 0 aliphatic rings. The Bertz CT molecular complexity index is 515. The van der Waals surface area contributed by atoms with E-state index in [0.29, 0.717) is 6.54 Å². The molecular weight excluding hydrogens is 262 g/mol. The van der Waals surface area contributed by atoms with Gasteiger partial charge < -0.3 is 10.2 Å². The Kier molecular flexibility index (Phi) is 5.46. The summed E-state index contributed by atoms with van der Waals surface area (Å²) in [5.41, 5.74) is 1.73. The summed E-state index contributed by atoms with van der Waals surface area (Å²) in [7, 11) is 3.97. The molecule has 0 radical (unpaired) electrons. The van der Waals surface area contributed by atoms with Crippen LogP contribution in [0.5, 0.6) is 0 Å². The van der Waals surface area contributed by atoms with E-state index in [-0.39, 0.29) is 11.8 Å². The fraction of sp³-hybridized carbons (Fsp3) is 0.294. The Labute approximate surface area is 125 Å². The van der Waals surface area contributed by atoms with Crippen LogP contribution in [0.15, 0.2) is 54.7 Å². The van der Waals surface area contributed by atoms with Crippen molar-refractivity contribution in [3.63, 3.8) is 0 Å². The second-order valence-corrected chi connectivity index (χ2v) is 5.19. The second kappa shape index (κ2) is 7.55. The number of nitrogens with zero attached hydrogens (tertiary/aromatic N) is 2. The highest BCUT2D eigenvalue weighted by Crippen LogP contribution is 2.22.